The first-order chi connectivity index (χ1) is 22.8. The van der Waals surface area contributed by atoms with Crippen molar-refractivity contribution in [1.29, 1.82) is 0 Å². The van der Waals surface area contributed by atoms with Crippen LogP contribution in [0.3, 0.4) is 0 Å². The molecule has 0 radical (unpaired) electrons. The van der Waals surface area contributed by atoms with E-state index in [-0.39, 0.29) is 18.3 Å². The molecule has 4 heteroatoms. The fraction of sp³-hybridized carbons (Fsp3) is 0.256. The lowest BCUT2D eigenvalue weighted by atomic mass is 9.88. The minimum atomic E-state index is -0.651. The van der Waals surface area contributed by atoms with Gasteiger partial charge in [-0.15, -0.1) is 0 Å². The largest absolute Gasteiger partial charge is 0.491 e. The molecule has 6 aromatic rings. The van der Waals surface area contributed by atoms with Crippen LogP contribution in [0.4, 0.5) is 0 Å². The van der Waals surface area contributed by atoms with E-state index in [4.69, 9.17) is 14.2 Å². The van der Waals surface area contributed by atoms with Crippen LogP contribution in [-0.4, -0.2) is 18.3 Å². The Morgan fingerprint density at radius 1 is 0.489 bits per heavy atom. The third-order valence-corrected chi connectivity index (χ3v) is 11.2. The van der Waals surface area contributed by atoms with E-state index in [0.717, 1.165) is 35.1 Å². The van der Waals surface area contributed by atoms with Crippen molar-refractivity contribution in [1.82, 2.24) is 0 Å². The predicted molar refractivity (Wildman–Crippen MR) is 200 cm³/mol. The van der Waals surface area contributed by atoms with E-state index in [2.05, 4.69) is 125 Å². The molecule has 1 aliphatic rings. The Morgan fingerprint density at radius 2 is 0.957 bits per heavy atom. The van der Waals surface area contributed by atoms with Crippen LogP contribution < -0.4 is 19.5 Å². The quantitative estimate of drug-likeness (QED) is 0.155. The maximum Gasteiger partial charge on any atom is 0.134 e. The summed E-state index contributed by atoms with van der Waals surface area (Å²) in [5.41, 5.74) is 7.78. The van der Waals surface area contributed by atoms with Crippen molar-refractivity contribution in [3.63, 3.8) is 0 Å². The van der Waals surface area contributed by atoms with Crippen LogP contribution in [0.25, 0.3) is 43.8 Å². The zero-order valence-electron chi connectivity index (χ0n) is 28.2. The van der Waals surface area contributed by atoms with Crippen molar-refractivity contribution in [2.45, 2.75) is 72.2 Å². The van der Waals surface area contributed by atoms with E-state index >= 15 is 0 Å². The number of fused-ring (bicyclic) bond motifs is 7. The van der Waals surface area contributed by atoms with Gasteiger partial charge in [0.15, 0.2) is 0 Å². The van der Waals surface area contributed by atoms with E-state index in [0.29, 0.717) is 0 Å². The van der Waals surface area contributed by atoms with Gasteiger partial charge in [0.05, 0.1) is 23.9 Å². The summed E-state index contributed by atoms with van der Waals surface area (Å²) in [6.07, 6.45) is 2.00. The Kier molecular flexibility index (Phi) is 8.69. The van der Waals surface area contributed by atoms with Crippen LogP contribution in [0.1, 0.15) is 52.7 Å². The molecule has 0 saturated carbocycles. The Morgan fingerprint density at radius 3 is 1.47 bits per heavy atom. The topological polar surface area (TPSA) is 27.7 Å². The highest BCUT2D eigenvalue weighted by molar-refractivity contribution is 7.64. The molecule has 0 bridgehead atoms. The van der Waals surface area contributed by atoms with Crippen LogP contribution in [0, 0.1) is 0 Å². The maximum absolute atomic E-state index is 6.57. The van der Waals surface area contributed by atoms with E-state index in [1.165, 1.54) is 54.7 Å². The molecular weight excluding hydrogens is 595 g/mol. The SMILES string of the molecule is CC(C)Oc1cc(OC(C)C)c(-c2ccccc2P2Cc3ccc4ccccc4c3-c3c(ccc4ccccc34)C2)c(OC(C)C)c1. The van der Waals surface area contributed by atoms with Crippen LogP contribution in [0.2, 0.25) is 0 Å². The molecule has 238 valence electrons. The molecule has 1 aliphatic heterocycles. The molecule has 0 unspecified atom stereocenters. The van der Waals surface area contributed by atoms with Gasteiger partial charge < -0.3 is 14.2 Å². The number of ether oxygens (including phenoxy) is 3. The third kappa shape index (κ3) is 6.22. The molecule has 0 N–H and O–H groups in total. The summed E-state index contributed by atoms with van der Waals surface area (Å²) in [6, 6.07) is 40.1. The van der Waals surface area contributed by atoms with Crippen LogP contribution in [0.5, 0.6) is 17.2 Å². The summed E-state index contributed by atoms with van der Waals surface area (Å²) in [6.45, 7) is 12.4. The Bertz CT molecular complexity index is 1960. The van der Waals surface area contributed by atoms with E-state index < -0.39 is 7.92 Å². The minimum Gasteiger partial charge on any atom is -0.491 e. The molecule has 6 aromatic carbocycles. The van der Waals surface area contributed by atoms with Crippen molar-refractivity contribution in [2.75, 3.05) is 0 Å². The van der Waals surface area contributed by atoms with E-state index in [1.54, 1.807) is 0 Å². The van der Waals surface area contributed by atoms with Crippen molar-refractivity contribution in [2.24, 2.45) is 0 Å². The second-order valence-corrected chi connectivity index (χ2v) is 15.5. The summed E-state index contributed by atoms with van der Waals surface area (Å²) < 4.78 is 19.3. The van der Waals surface area contributed by atoms with Crippen molar-refractivity contribution < 1.29 is 14.2 Å². The zero-order chi connectivity index (χ0) is 32.7. The smallest absolute Gasteiger partial charge is 0.134 e. The van der Waals surface area contributed by atoms with Gasteiger partial charge in [0.25, 0.3) is 0 Å². The molecule has 0 amide bonds. The number of hydrogen-bond donors (Lipinski definition) is 0. The average molecular weight is 639 g/mol. The first-order valence-corrected chi connectivity index (χ1v) is 18.5. The van der Waals surface area contributed by atoms with E-state index in [1.807, 2.05) is 26.0 Å². The average Bonchev–Trinajstić information content (AvgIpc) is 3.21. The summed E-state index contributed by atoms with van der Waals surface area (Å²) in [5, 5.41) is 6.59. The highest BCUT2D eigenvalue weighted by Gasteiger charge is 2.29. The van der Waals surface area contributed by atoms with Crippen molar-refractivity contribution in [3.05, 3.63) is 120 Å². The molecular formula is C43H43O3P. The lowest BCUT2D eigenvalue weighted by Crippen LogP contribution is -2.14. The molecule has 0 aromatic heterocycles. The molecule has 0 saturated heterocycles. The second-order valence-electron chi connectivity index (χ2n) is 13.3. The first-order valence-electron chi connectivity index (χ1n) is 16.8. The highest BCUT2D eigenvalue weighted by Crippen LogP contribution is 2.55. The minimum absolute atomic E-state index is 0.00831. The zero-order valence-corrected chi connectivity index (χ0v) is 29.1. The summed E-state index contributed by atoms with van der Waals surface area (Å²) in [4.78, 5) is 0. The fourth-order valence-corrected chi connectivity index (χ4v) is 9.58. The van der Waals surface area contributed by atoms with Gasteiger partial charge in [0.1, 0.15) is 17.2 Å². The lowest BCUT2D eigenvalue weighted by molar-refractivity contribution is 0.218. The predicted octanol–water partition coefficient (Wildman–Crippen LogP) is 11.5. The molecule has 47 heavy (non-hydrogen) atoms. The molecule has 3 nitrogen and oxygen atoms in total. The van der Waals surface area contributed by atoms with Gasteiger partial charge in [0, 0.05) is 12.1 Å². The van der Waals surface area contributed by atoms with Gasteiger partial charge in [0.2, 0.25) is 0 Å². The van der Waals surface area contributed by atoms with Gasteiger partial charge >= 0.3 is 0 Å². The molecule has 0 spiro atoms. The molecule has 0 fully saturated rings. The standard InChI is InChI=1S/C43H43O3P/c1-27(2)44-34-23-38(45-28(3)4)43(39(24-34)46-29(5)6)37-17-11-12-18-40(37)47-25-32-21-19-30-13-7-9-15-35(30)41(32)42-33(26-47)22-20-31-14-8-10-16-36(31)42/h7-24,27-29H,25-26H2,1-6H3. The summed E-state index contributed by atoms with van der Waals surface area (Å²) in [5.74, 6) is 2.35. The van der Waals surface area contributed by atoms with Gasteiger partial charge in [-0.05, 0) is 109 Å². The first kappa shape index (κ1) is 31.3. The third-order valence-electron chi connectivity index (χ3n) is 8.65. The van der Waals surface area contributed by atoms with Crippen LogP contribution in [0.15, 0.2) is 109 Å². The molecule has 0 aliphatic carbocycles. The Hall–Kier alpha value is -4.33. The normalized spacial score (nSPS) is 13.2. The van der Waals surface area contributed by atoms with Gasteiger partial charge in [-0.1, -0.05) is 105 Å². The van der Waals surface area contributed by atoms with Crippen molar-refractivity contribution >= 4 is 34.8 Å². The molecule has 1 heterocycles. The van der Waals surface area contributed by atoms with Crippen LogP contribution in [-0.2, 0) is 12.3 Å². The highest BCUT2D eigenvalue weighted by atomic mass is 31.1. The summed E-state index contributed by atoms with van der Waals surface area (Å²) in [7, 11) is -0.651. The second kappa shape index (κ2) is 13.1. The number of benzene rings is 6. The summed E-state index contributed by atoms with van der Waals surface area (Å²) >= 11 is 0. The van der Waals surface area contributed by atoms with Crippen molar-refractivity contribution in [3.8, 4) is 39.5 Å². The van der Waals surface area contributed by atoms with Crippen LogP contribution >= 0.6 is 7.92 Å². The lowest BCUT2D eigenvalue weighted by Gasteiger charge is -2.26. The molecule has 0 atom stereocenters. The number of hydrogen-bond acceptors (Lipinski definition) is 3. The Labute approximate surface area is 280 Å². The fourth-order valence-electron chi connectivity index (χ4n) is 6.95. The van der Waals surface area contributed by atoms with Gasteiger partial charge in [-0.3, -0.25) is 0 Å². The Balaban J connectivity index is 1.46. The van der Waals surface area contributed by atoms with Gasteiger partial charge in [-0.25, -0.2) is 0 Å². The van der Waals surface area contributed by atoms with E-state index in [9.17, 15) is 0 Å². The maximum atomic E-state index is 6.57. The number of rotatable bonds is 8. The monoisotopic (exact) mass is 638 g/mol. The molecule has 7 rings (SSSR count). The van der Waals surface area contributed by atoms with Gasteiger partial charge in [-0.2, -0.15) is 0 Å².